The first-order chi connectivity index (χ1) is 6.47. The van der Waals surface area contributed by atoms with Crippen molar-refractivity contribution in [2.75, 3.05) is 6.54 Å². The maximum absolute atomic E-state index is 6.23. The summed E-state index contributed by atoms with van der Waals surface area (Å²) in [5.41, 5.74) is 5.74. The van der Waals surface area contributed by atoms with Gasteiger partial charge in [-0.25, -0.2) is 0 Å². The molecule has 1 saturated carbocycles. The van der Waals surface area contributed by atoms with Crippen molar-refractivity contribution in [2.24, 2.45) is 5.73 Å². The summed E-state index contributed by atoms with van der Waals surface area (Å²) >= 11 is 0. The smallest absolute Gasteiger partial charge is 0.0701 e. The minimum Gasteiger partial charge on any atom is -0.369 e. The molecule has 0 aromatic rings. The van der Waals surface area contributed by atoms with E-state index in [0.29, 0.717) is 0 Å². The topological polar surface area (TPSA) is 35.2 Å². The highest BCUT2D eigenvalue weighted by molar-refractivity contribution is 4.87. The minimum atomic E-state index is -0.0352. The van der Waals surface area contributed by atoms with Crippen molar-refractivity contribution < 1.29 is 4.74 Å². The van der Waals surface area contributed by atoms with Crippen LogP contribution in [0.25, 0.3) is 0 Å². The molecule has 0 amide bonds. The summed E-state index contributed by atoms with van der Waals surface area (Å²) < 4.78 is 6.23. The lowest BCUT2D eigenvalue weighted by Gasteiger charge is -2.42. The predicted molar refractivity (Wildman–Crippen MR) is 60.3 cm³/mol. The van der Waals surface area contributed by atoms with Crippen LogP contribution < -0.4 is 5.73 Å². The van der Waals surface area contributed by atoms with Gasteiger partial charge in [0, 0.05) is 0 Å². The molecule has 1 aliphatic rings. The lowest BCUT2D eigenvalue weighted by Crippen LogP contribution is -2.43. The second-order valence-corrected chi connectivity index (χ2v) is 5.50. The van der Waals surface area contributed by atoms with Crippen molar-refractivity contribution in [1.82, 2.24) is 0 Å². The Morgan fingerprint density at radius 1 is 1.14 bits per heavy atom. The predicted octanol–water partition coefficient (Wildman–Crippen LogP) is 2.85. The maximum atomic E-state index is 6.23. The third kappa shape index (κ3) is 3.58. The lowest BCUT2D eigenvalue weighted by molar-refractivity contribution is -0.150. The van der Waals surface area contributed by atoms with Crippen LogP contribution in [0, 0.1) is 0 Å². The molecule has 2 nitrogen and oxygen atoms in total. The first-order valence-electron chi connectivity index (χ1n) is 5.88. The molecule has 0 atom stereocenters. The highest BCUT2D eigenvalue weighted by atomic mass is 16.5. The third-order valence-corrected chi connectivity index (χ3v) is 2.89. The van der Waals surface area contributed by atoms with Gasteiger partial charge in [0.15, 0.2) is 0 Å². The zero-order valence-electron chi connectivity index (χ0n) is 9.94. The largest absolute Gasteiger partial charge is 0.369 e. The van der Waals surface area contributed by atoms with E-state index in [1.54, 1.807) is 0 Å². The first-order valence-corrected chi connectivity index (χ1v) is 5.88. The van der Waals surface area contributed by atoms with Gasteiger partial charge >= 0.3 is 0 Å². The summed E-state index contributed by atoms with van der Waals surface area (Å²) in [6.07, 6.45) is 7.37. The Balaban J connectivity index is 2.60. The Labute approximate surface area is 88.2 Å². The van der Waals surface area contributed by atoms with E-state index >= 15 is 0 Å². The molecule has 14 heavy (non-hydrogen) atoms. The zero-order chi connectivity index (χ0) is 10.7. The molecule has 0 saturated heterocycles. The summed E-state index contributed by atoms with van der Waals surface area (Å²) in [7, 11) is 0. The van der Waals surface area contributed by atoms with Crippen molar-refractivity contribution in [3.8, 4) is 0 Å². The molecule has 0 aliphatic heterocycles. The summed E-state index contributed by atoms with van der Waals surface area (Å²) in [5.74, 6) is 0. The van der Waals surface area contributed by atoms with E-state index in [1.807, 2.05) is 0 Å². The fraction of sp³-hybridized carbons (Fsp3) is 1.00. The molecular formula is C12H25NO. The van der Waals surface area contributed by atoms with Gasteiger partial charge in [-0.3, -0.25) is 0 Å². The zero-order valence-corrected chi connectivity index (χ0v) is 9.94. The van der Waals surface area contributed by atoms with E-state index < -0.39 is 0 Å². The second-order valence-electron chi connectivity index (χ2n) is 5.50. The molecule has 0 aromatic heterocycles. The van der Waals surface area contributed by atoms with Crippen LogP contribution in [-0.2, 0) is 4.74 Å². The van der Waals surface area contributed by atoms with E-state index in [9.17, 15) is 0 Å². The normalized spacial score (nSPS) is 22.3. The first kappa shape index (κ1) is 12.0. The van der Waals surface area contributed by atoms with Gasteiger partial charge in [-0.2, -0.15) is 0 Å². The SMILES string of the molecule is CC(C)(C)OC1(CCN)CCCCC1. The van der Waals surface area contributed by atoms with Crippen molar-refractivity contribution in [1.29, 1.82) is 0 Å². The standard InChI is InChI=1S/C12H25NO/c1-11(2,3)14-12(9-10-13)7-5-4-6-8-12/h4-10,13H2,1-3H3. The van der Waals surface area contributed by atoms with Gasteiger partial charge in [0.25, 0.3) is 0 Å². The quantitative estimate of drug-likeness (QED) is 0.758. The van der Waals surface area contributed by atoms with E-state index in [-0.39, 0.29) is 11.2 Å². The van der Waals surface area contributed by atoms with Crippen LogP contribution in [0.4, 0.5) is 0 Å². The number of ether oxygens (including phenoxy) is 1. The molecule has 0 bridgehead atoms. The van der Waals surface area contributed by atoms with Crippen molar-refractivity contribution in [3.05, 3.63) is 0 Å². The van der Waals surface area contributed by atoms with Gasteiger partial charge in [0.1, 0.15) is 0 Å². The van der Waals surface area contributed by atoms with Gasteiger partial charge in [0.05, 0.1) is 11.2 Å². The second kappa shape index (κ2) is 4.63. The van der Waals surface area contributed by atoms with Crippen LogP contribution in [0.5, 0.6) is 0 Å². The molecule has 0 heterocycles. The van der Waals surface area contributed by atoms with E-state index in [0.717, 1.165) is 13.0 Å². The summed E-state index contributed by atoms with van der Waals surface area (Å²) in [5, 5.41) is 0. The highest BCUT2D eigenvalue weighted by Crippen LogP contribution is 2.37. The summed E-state index contributed by atoms with van der Waals surface area (Å²) in [6, 6.07) is 0. The molecule has 1 aliphatic carbocycles. The van der Waals surface area contributed by atoms with Crippen LogP contribution in [0.3, 0.4) is 0 Å². The molecule has 2 N–H and O–H groups in total. The molecule has 0 aromatic carbocycles. The minimum absolute atomic E-state index is 0.0352. The molecule has 0 unspecified atom stereocenters. The third-order valence-electron chi connectivity index (χ3n) is 2.89. The molecule has 1 rings (SSSR count). The Hall–Kier alpha value is -0.0800. The van der Waals surface area contributed by atoms with Crippen LogP contribution in [0.1, 0.15) is 59.3 Å². The Bertz CT molecular complexity index is 160. The van der Waals surface area contributed by atoms with Gasteiger partial charge in [-0.1, -0.05) is 19.3 Å². The van der Waals surface area contributed by atoms with Crippen molar-refractivity contribution in [3.63, 3.8) is 0 Å². The highest BCUT2D eigenvalue weighted by Gasteiger charge is 2.35. The number of nitrogens with two attached hydrogens (primary N) is 1. The molecule has 84 valence electrons. The van der Waals surface area contributed by atoms with Crippen LogP contribution in [-0.4, -0.2) is 17.7 Å². The molecular weight excluding hydrogens is 174 g/mol. The van der Waals surface area contributed by atoms with Gasteiger partial charge in [-0.05, 0) is 46.6 Å². The summed E-state index contributed by atoms with van der Waals surface area (Å²) in [6.45, 7) is 7.16. The maximum Gasteiger partial charge on any atom is 0.0701 e. The van der Waals surface area contributed by atoms with E-state index in [2.05, 4.69) is 20.8 Å². The number of rotatable bonds is 3. The van der Waals surface area contributed by atoms with Gasteiger partial charge in [0.2, 0.25) is 0 Å². The van der Waals surface area contributed by atoms with Crippen molar-refractivity contribution >= 4 is 0 Å². The molecule has 0 radical (unpaired) electrons. The van der Waals surface area contributed by atoms with E-state index in [4.69, 9.17) is 10.5 Å². The molecule has 0 spiro atoms. The monoisotopic (exact) mass is 199 g/mol. The van der Waals surface area contributed by atoms with Gasteiger partial charge in [-0.15, -0.1) is 0 Å². The lowest BCUT2D eigenvalue weighted by atomic mass is 9.81. The van der Waals surface area contributed by atoms with Crippen LogP contribution in [0.15, 0.2) is 0 Å². The fourth-order valence-corrected chi connectivity index (χ4v) is 2.51. The van der Waals surface area contributed by atoms with Crippen molar-refractivity contribution in [2.45, 2.75) is 70.5 Å². The van der Waals surface area contributed by atoms with E-state index in [1.165, 1.54) is 32.1 Å². The molecule has 1 fully saturated rings. The number of hydrogen-bond acceptors (Lipinski definition) is 2. The summed E-state index contributed by atoms with van der Waals surface area (Å²) in [4.78, 5) is 0. The fourth-order valence-electron chi connectivity index (χ4n) is 2.51. The van der Waals surface area contributed by atoms with Crippen LogP contribution in [0.2, 0.25) is 0 Å². The Morgan fingerprint density at radius 3 is 2.14 bits per heavy atom. The van der Waals surface area contributed by atoms with Gasteiger partial charge < -0.3 is 10.5 Å². The molecule has 2 heteroatoms. The Morgan fingerprint density at radius 2 is 1.71 bits per heavy atom. The average molecular weight is 199 g/mol. The number of hydrogen-bond donors (Lipinski definition) is 1. The van der Waals surface area contributed by atoms with Crippen LogP contribution >= 0.6 is 0 Å². The Kier molecular flexibility index (Phi) is 3.96. The average Bonchev–Trinajstić information content (AvgIpc) is 2.02.